The quantitative estimate of drug-likeness (QED) is 0.310. The number of hydrogen-bond acceptors (Lipinski definition) is 4. The molecule has 4 nitrogen and oxygen atoms in total. The van der Waals surface area contributed by atoms with E-state index in [1.165, 1.54) is 18.2 Å². The molecule has 3 aromatic rings. The molecule has 0 saturated carbocycles. The summed E-state index contributed by atoms with van der Waals surface area (Å²) in [6.45, 7) is 0. The minimum Gasteiger partial charge on any atom is -0.350 e. The zero-order chi connectivity index (χ0) is 25.5. The number of benzene rings is 3. The van der Waals surface area contributed by atoms with Gasteiger partial charge in [-0.2, -0.15) is 13.2 Å². The van der Waals surface area contributed by atoms with Gasteiger partial charge in [0.2, 0.25) is 0 Å². The van der Waals surface area contributed by atoms with Gasteiger partial charge in [0.25, 0.3) is 11.8 Å². The Kier molecular flexibility index (Phi) is 7.31. The Morgan fingerprint density at radius 1 is 0.771 bits per heavy atom. The first-order chi connectivity index (χ1) is 16.5. The molecular formula is C23H11Cl4F3N2O2S. The van der Waals surface area contributed by atoms with Crippen LogP contribution in [0.15, 0.2) is 76.2 Å². The summed E-state index contributed by atoms with van der Waals surface area (Å²) in [6, 6.07) is 13.3. The number of hydrogen-bond donors (Lipinski definition) is 1. The van der Waals surface area contributed by atoms with Crippen molar-refractivity contribution in [3.05, 3.63) is 96.9 Å². The van der Waals surface area contributed by atoms with Crippen LogP contribution < -0.4 is 10.2 Å². The molecule has 1 aliphatic heterocycles. The monoisotopic (exact) mass is 576 g/mol. The summed E-state index contributed by atoms with van der Waals surface area (Å²) in [5.41, 5.74) is -1.28. The van der Waals surface area contributed by atoms with Crippen LogP contribution >= 0.6 is 58.2 Å². The highest BCUT2D eigenvalue weighted by Crippen LogP contribution is 2.42. The Hall–Kier alpha value is -2.36. The number of thioether (sulfide) groups is 1. The van der Waals surface area contributed by atoms with Crippen LogP contribution in [0.2, 0.25) is 20.1 Å². The molecule has 180 valence electrons. The van der Waals surface area contributed by atoms with E-state index in [2.05, 4.69) is 5.32 Å². The van der Waals surface area contributed by atoms with Gasteiger partial charge in [0.05, 0.1) is 26.3 Å². The number of amides is 2. The Morgan fingerprint density at radius 3 is 2.06 bits per heavy atom. The topological polar surface area (TPSA) is 49.4 Å². The number of imide groups is 1. The van der Waals surface area contributed by atoms with E-state index in [1.54, 1.807) is 24.3 Å². The molecule has 1 aliphatic rings. The minimum absolute atomic E-state index is 0.0585. The number of alkyl halides is 3. The van der Waals surface area contributed by atoms with E-state index in [-0.39, 0.29) is 25.7 Å². The molecule has 2 amide bonds. The van der Waals surface area contributed by atoms with E-state index in [0.29, 0.717) is 26.6 Å². The van der Waals surface area contributed by atoms with Gasteiger partial charge in [0, 0.05) is 15.6 Å². The van der Waals surface area contributed by atoms with E-state index < -0.39 is 29.2 Å². The number of carbonyl (C=O) groups excluding carboxylic acids is 2. The molecule has 4 rings (SSSR count). The lowest BCUT2D eigenvalue weighted by atomic mass is 10.2. The third-order valence-electron chi connectivity index (χ3n) is 4.78. The molecule has 0 fully saturated rings. The second-order valence-corrected chi connectivity index (χ2v) is 9.87. The molecule has 0 aliphatic carbocycles. The molecule has 3 aromatic carbocycles. The molecule has 0 spiro atoms. The predicted octanol–water partition coefficient (Wildman–Crippen LogP) is 8.31. The summed E-state index contributed by atoms with van der Waals surface area (Å²) in [7, 11) is 0. The zero-order valence-electron chi connectivity index (χ0n) is 17.1. The predicted molar refractivity (Wildman–Crippen MR) is 133 cm³/mol. The van der Waals surface area contributed by atoms with Gasteiger partial charge in [0.15, 0.2) is 0 Å². The van der Waals surface area contributed by atoms with Crippen molar-refractivity contribution < 1.29 is 22.8 Å². The number of rotatable bonds is 5. The molecule has 0 atom stereocenters. The smallest absolute Gasteiger partial charge is 0.350 e. The lowest BCUT2D eigenvalue weighted by Gasteiger charge is -2.18. The van der Waals surface area contributed by atoms with Crippen molar-refractivity contribution in [1.29, 1.82) is 0 Å². The van der Waals surface area contributed by atoms with Crippen molar-refractivity contribution >= 4 is 81.4 Å². The third-order valence-corrected chi connectivity index (χ3v) is 7.18. The first-order valence-electron chi connectivity index (χ1n) is 9.61. The number of carbonyl (C=O) groups is 2. The highest BCUT2D eigenvalue weighted by molar-refractivity contribution is 8.04. The summed E-state index contributed by atoms with van der Waals surface area (Å²) >= 11 is 25.0. The van der Waals surface area contributed by atoms with Crippen molar-refractivity contribution in [3.8, 4) is 0 Å². The van der Waals surface area contributed by atoms with Crippen molar-refractivity contribution in [2.24, 2.45) is 0 Å². The summed E-state index contributed by atoms with van der Waals surface area (Å²) in [5, 5.41) is 3.57. The van der Waals surface area contributed by atoms with E-state index >= 15 is 0 Å². The maximum atomic E-state index is 13.4. The maximum Gasteiger partial charge on any atom is 0.416 e. The Bertz CT molecular complexity index is 1380. The average molecular weight is 578 g/mol. The summed E-state index contributed by atoms with van der Waals surface area (Å²) in [4.78, 5) is 27.9. The van der Waals surface area contributed by atoms with Gasteiger partial charge in [-0.05, 0) is 60.7 Å². The molecule has 0 bridgehead atoms. The average Bonchev–Trinajstić information content (AvgIpc) is 3.01. The SMILES string of the molecule is O=C1C(Nc2ccc(Cl)c(Cl)c2)=C(Sc2ccc(Cl)cc2)C(=O)N1c1cc(C(F)(F)F)ccc1Cl. The van der Waals surface area contributed by atoms with E-state index in [9.17, 15) is 22.8 Å². The van der Waals surface area contributed by atoms with Crippen LogP contribution in [0.3, 0.4) is 0 Å². The minimum atomic E-state index is -4.71. The molecule has 12 heteroatoms. The molecule has 0 aromatic heterocycles. The van der Waals surface area contributed by atoms with Gasteiger partial charge < -0.3 is 5.32 Å². The molecule has 1 N–H and O–H groups in total. The van der Waals surface area contributed by atoms with E-state index in [1.807, 2.05) is 0 Å². The van der Waals surface area contributed by atoms with Crippen LogP contribution in [0.5, 0.6) is 0 Å². The van der Waals surface area contributed by atoms with Crippen LogP contribution in [-0.2, 0) is 15.8 Å². The molecular weight excluding hydrogens is 567 g/mol. The van der Waals surface area contributed by atoms with Crippen LogP contribution in [0.4, 0.5) is 24.5 Å². The summed E-state index contributed by atoms with van der Waals surface area (Å²) in [6.07, 6.45) is -4.71. The normalized spacial score (nSPS) is 14.2. The Labute approximate surface area is 221 Å². The van der Waals surface area contributed by atoms with Crippen molar-refractivity contribution in [2.45, 2.75) is 11.1 Å². The molecule has 0 saturated heterocycles. The highest BCUT2D eigenvalue weighted by Gasteiger charge is 2.42. The van der Waals surface area contributed by atoms with E-state index in [4.69, 9.17) is 46.4 Å². The number of halogens is 7. The van der Waals surface area contributed by atoms with Crippen LogP contribution in [0.1, 0.15) is 5.56 Å². The lowest BCUT2D eigenvalue weighted by molar-refractivity contribution is -0.137. The summed E-state index contributed by atoms with van der Waals surface area (Å²) < 4.78 is 40.0. The fourth-order valence-corrected chi connectivity index (χ4v) is 4.69. The van der Waals surface area contributed by atoms with Crippen LogP contribution in [0.25, 0.3) is 0 Å². The van der Waals surface area contributed by atoms with Crippen molar-refractivity contribution in [1.82, 2.24) is 0 Å². The molecule has 0 unspecified atom stereocenters. The highest BCUT2D eigenvalue weighted by atomic mass is 35.5. The van der Waals surface area contributed by atoms with Gasteiger partial charge in [-0.3, -0.25) is 9.59 Å². The second-order valence-electron chi connectivity index (χ2n) is 7.12. The summed E-state index contributed by atoms with van der Waals surface area (Å²) in [5.74, 6) is -1.74. The zero-order valence-corrected chi connectivity index (χ0v) is 20.9. The van der Waals surface area contributed by atoms with Gasteiger partial charge in [-0.15, -0.1) is 0 Å². The van der Waals surface area contributed by atoms with Crippen molar-refractivity contribution in [2.75, 3.05) is 10.2 Å². The molecule has 35 heavy (non-hydrogen) atoms. The van der Waals surface area contributed by atoms with E-state index in [0.717, 1.165) is 23.9 Å². The van der Waals surface area contributed by atoms with Gasteiger partial charge in [0.1, 0.15) is 10.6 Å². The Balaban J connectivity index is 1.79. The van der Waals surface area contributed by atoms with Gasteiger partial charge >= 0.3 is 6.18 Å². The van der Waals surface area contributed by atoms with Crippen LogP contribution in [0, 0.1) is 0 Å². The van der Waals surface area contributed by atoms with Crippen LogP contribution in [-0.4, -0.2) is 11.8 Å². The molecule has 0 radical (unpaired) electrons. The standard InChI is InChI=1S/C23H11Cl4F3N2O2S/c24-12-2-5-14(6-3-12)35-20-19(31-13-4-8-15(25)17(27)10-13)21(33)32(22(20)34)18-9-11(23(28,29)30)1-7-16(18)26/h1-10,31H. The second kappa shape index (κ2) is 9.95. The number of nitrogens with one attached hydrogen (secondary N) is 1. The maximum absolute atomic E-state index is 13.4. The lowest BCUT2D eigenvalue weighted by Crippen LogP contribution is -2.33. The van der Waals surface area contributed by atoms with Crippen molar-refractivity contribution in [3.63, 3.8) is 0 Å². The fraction of sp³-hybridized carbons (Fsp3) is 0.0435. The molecule has 1 heterocycles. The first-order valence-corrected chi connectivity index (χ1v) is 11.9. The fourth-order valence-electron chi connectivity index (χ4n) is 3.13. The Morgan fingerprint density at radius 2 is 1.43 bits per heavy atom. The number of nitrogens with zero attached hydrogens (tertiary/aromatic N) is 1. The van der Waals surface area contributed by atoms with Gasteiger partial charge in [-0.1, -0.05) is 58.2 Å². The third kappa shape index (κ3) is 5.42. The van der Waals surface area contributed by atoms with Gasteiger partial charge in [-0.25, -0.2) is 4.90 Å². The largest absolute Gasteiger partial charge is 0.416 e. The first kappa shape index (κ1) is 25.7. The number of anilines is 2.